The van der Waals surface area contributed by atoms with Crippen LogP contribution in [0.15, 0.2) is 42.5 Å². The highest BCUT2D eigenvalue weighted by Gasteiger charge is 2.10. The predicted molar refractivity (Wildman–Crippen MR) is 85.0 cm³/mol. The summed E-state index contributed by atoms with van der Waals surface area (Å²) >= 11 is 0. The molecule has 2 N–H and O–H groups in total. The van der Waals surface area contributed by atoms with Crippen molar-refractivity contribution in [3.63, 3.8) is 0 Å². The van der Waals surface area contributed by atoms with Gasteiger partial charge in [0.15, 0.2) is 0 Å². The van der Waals surface area contributed by atoms with Gasteiger partial charge in [-0.3, -0.25) is 0 Å². The number of aryl methyl sites for hydroxylation is 1. The predicted octanol–water partition coefficient (Wildman–Crippen LogP) is 4.26. The van der Waals surface area contributed by atoms with E-state index in [0.29, 0.717) is 0 Å². The van der Waals surface area contributed by atoms with E-state index in [4.69, 9.17) is 5.73 Å². The Morgan fingerprint density at radius 1 is 1.05 bits per heavy atom. The number of nitrogens with zero attached hydrogens (tertiary/aromatic N) is 1. The van der Waals surface area contributed by atoms with Crippen LogP contribution >= 0.6 is 12.4 Å². The van der Waals surface area contributed by atoms with Crippen molar-refractivity contribution in [2.24, 2.45) is 5.73 Å². The van der Waals surface area contributed by atoms with Crippen molar-refractivity contribution in [1.29, 1.82) is 0 Å². The van der Waals surface area contributed by atoms with Gasteiger partial charge in [0, 0.05) is 34.4 Å². The van der Waals surface area contributed by atoms with Crippen LogP contribution in [0.5, 0.6) is 0 Å². The lowest BCUT2D eigenvalue weighted by atomic mass is 10.1. The smallest absolute Gasteiger partial charge is 0.0491 e. The standard InChI is InChI=1S/C16H18N2.ClH/c1-3-18-15-7-5-4-6-13(15)14-10-12(11(2)17)8-9-16(14)18;/h4-11H,3,17H2,1-2H3;1H/t11-;/m1./s1. The highest BCUT2D eigenvalue weighted by molar-refractivity contribution is 6.08. The molecule has 0 saturated carbocycles. The van der Waals surface area contributed by atoms with Gasteiger partial charge in [-0.05, 0) is 37.6 Å². The summed E-state index contributed by atoms with van der Waals surface area (Å²) in [5, 5.41) is 2.62. The number of hydrogen-bond acceptors (Lipinski definition) is 1. The molecule has 0 aliphatic heterocycles. The second kappa shape index (κ2) is 5.24. The molecular weight excluding hydrogens is 256 g/mol. The zero-order valence-corrected chi connectivity index (χ0v) is 12.1. The summed E-state index contributed by atoms with van der Waals surface area (Å²) in [6.45, 7) is 5.20. The van der Waals surface area contributed by atoms with Gasteiger partial charge in [0.2, 0.25) is 0 Å². The molecule has 0 aliphatic carbocycles. The molecule has 2 aromatic carbocycles. The van der Waals surface area contributed by atoms with Crippen LogP contribution in [0.25, 0.3) is 21.8 Å². The van der Waals surface area contributed by atoms with E-state index in [9.17, 15) is 0 Å². The zero-order chi connectivity index (χ0) is 12.7. The third-order valence-corrected chi connectivity index (χ3v) is 3.64. The number of rotatable bonds is 2. The van der Waals surface area contributed by atoms with Crippen LogP contribution in [0.2, 0.25) is 0 Å². The summed E-state index contributed by atoms with van der Waals surface area (Å²) in [5.41, 5.74) is 9.77. The molecule has 0 amide bonds. The quantitative estimate of drug-likeness (QED) is 0.744. The van der Waals surface area contributed by atoms with Crippen molar-refractivity contribution in [3.8, 4) is 0 Å². The fourth-order valence-electron chi connectivity index (χ4n) is 2.70. The van der Waals surface area contributed by atoms with Crippen LogP contribution in [0, 0.1) is 0 Å². The fraction of sp³-hybridized carbons (Fsp3) is 0.250. The molecule has 1 aromatic heterocycles. The largest absolute Gasteiger partial charge is 0.341 e. The zero-order valence-electron chi connectivity index (χ0n) is 11.3. The van der Waals surface area contributed by atoms with Gasteiger partial charge in [-0.25, -0.2) is 0 Å². The summed E-state index contributed by atoms with van der Waals surface area (Å²) < 4.78 is 2.36. The summed E-state index contributed by atoms with van der Waals surface area (Å²) in [5.74, 6) is 0. The number of hydrogen-bond donors (Lipinski definition) is 1. The summed E-state index contributed by atoms with van der Waals surface area (Å²) in [6.07, 6.45) is 0. The molecule has 0 saturated heterocycles. The number of nitrogens with two attached hydrogens (primary N) is 1. The molecule has 3 rings (SSSR count). The van der Waals surface area contributed by atoms with Crippen molar-refractivity contribution in [1.82, 2.24) is 4.57 Å². The fourth-order valence-corrected chi connectivity index (χ4v) is 2.70. The minimum Gasteiger partial charge on any atom is -0.341 e. The maximum absolute atomic E-state index is 5.98. The Hall–Kier alpha value is -1.51. The van der Waals surface area contributed by atoms with Crippen LogP contribution in [-0.4, -0.2) is 4.57 Å². The Morgan fingerprint density at radius 3 is 2.42 bits per heavy atom. The molecule has 0 aliphatic rings. The van der Waals surface area contributed by atoms with Gasteiger partial charge < -0.3 is 10.3 Å². The molecule has 3 heteroatoms. The average molecular weight is 275 g/mol. The monoisotopic (exact) mass is 274 g/mol. The van der Waals surface area contributed by atoms with Crippen molar-refractivity contribution < 1.29 is 0 Å². The first-order valence-electron chi connectivity index (χ1n) is 6.49. The molecule has 0 radical (unpaired) electrons. The SMILES string of the molecule is CCn1c2ccccc2c2cc([C@@H](C)N)ccc21.Cl. The molecule has 100 valence electrons. The first-order valence-corrected chi connectivity index (χ1v) is 6.49. The number of benzene rings is 2. The topological polar surface area (TPSA) is 30.9 Å². The molecule has 0 fully saturated rings. The molecule has 1 atom stereocenters. The lowest BCUT2D eigenvalue weighted by Gasteiger charge is -2.06. The molecular formula is C16H19ClN2. The minimum atomic E-state index is 0. The van der Waals surface area contributed by atoms with Crippen molar-refractivity contribution in [2.45, 2.75) is 26.4 Å². The molecule has 0 spiro atoms. The van der Waals surface area contributed by atoms with E-state index in [1.54, 1.807) is 0 Å². The van der Waals surface area contributed by atoms with E-state index < -0.39 is 0 Å². The molecule has 2 nitrogen and oxygen atoms in total. The van der Waals surface area contributed by atoms with Gasteiger partial charge >= 0.3 is 0 Å². The van der Waals surface area contributed by atoms with Crippen LogP contribution in [0.1, 0.15) is 25.5 Å². The van der Waals surface area contributed by atoms with E-state index in [1.807, 2.05) is 6.92 Å². The van der Waals surface area contributed by atoms with E-state index >= 15 is 0 Å². The highest BCUT2D eigenvalue weighted by atomic mass is 35.5. The van der Waals surface area contributed by atoms with Crippen LogP contribution in [-0.2, 0) is 6.54 Å². The Labute approximate surface area is 119 Å². The van der Waals surface area contributed by atoms with Gasteiger partial charge in [-0.2, -0.15) is 0 Å². The van der Waals surface area contributed by atoms with E-state index in [0.717, 1.165) is 6.54 Å². The third kappa shape index (κ3) is 2.11. The first-order chi connectivity index (χ1) is 8.72. The lowest BCUT2D eigenvalue weighted by molar-refractivity contribution is 0.815. The summed E-state index contributed by atoms with van der Waals surface area (Å²) in [7, 11) is 0. The normalized spacial score (nSPS) is 12.6. The molecule has 1 heterocycles. The van der Waals surface area contributed by atoms with Gasteiger partial charge in [0.25, 0.3) is 0 Å². The van der Waals surface area contributed by atoms with E-state index in [-0.39, 0.29) is 18.4 Å². The molecule has 19 heavy (non-hydrogen) atoms. The van der Waals surface area contributed by atoms with Crippen LogP contribution < -0.4 is 5.73 Å². The average Bonchev–Trinajstić information content (AvgIpc) is 2.71. The molecule has 3 aromatic rings. The Kier molecular flexibility index (Phi) is 3.83. The summed E-state index contributed by atoms with van der Waals surface area (Å²) in [4.78, 5) is 0. The van der Waals surface area contributed by atoms with E-state index in [1.165, 1.54) is 27.4 Å². The summed E-state index contributed by atoms with van der Waals surface area (Å²) in [6, 6.07) is 15.2. The second-order valence-electron chi connectivity index (χ2n) is 4.83. The second-order valence-corrected chi connectivity index (χ2v) is 4.83. The van der Waals surface area contributed by atoms with Crippen LogP contribution in [0.3, 0.4) is 0 Å². The lowest BCUT2D eigenvalue weighted by Crippen LogP contribution is -2.04. The van der Waals surface area contributed by atoms with Gasteiger partial charge in [-0.15, -0.1) is 12.4 Å². The van der Waals surface area contributed by atoms with Gasteiger partial charge in [0.05, 0.1) is 0 Å². The van der Waals surface area contributed by atoms with Gasteiger partial charge in [-0.1, -0.05) is 24.3 Å². The number of halogens is 1. The van der Waals surface area contributed by atoms with Crippen LogP contribution in [0.4, 0.5) is 0 Å². The van der Waals surface area contributed by atoms with Gasteiger partial charge in [0.1, 0.15) is 0 Å². The first kappa shape index (κ1) is 13.9. The van der Waals surface area contributed by atoms with Crippen molar-refractivity contribution in [3.05, 3.63) is 48.0 Å². The number of aromatic nitrogens is 1. The number of para-hydroxylation sites is 1. The Balaban J connectivity index is 0.00000133. The Morgan fingerprint density at radius 2 is 1.74 bits per heavy atom. The van der Waals surface area contributed by atoms with E-state index in [2.05, 4.69) is 54.0 Å². The minimum absolute atomic E-state index is 0. The van der Waals surface area contributed by atoms with Crippen molar-refractivity contribution in [2.75, 3.05) is 0 Å². The highest BCUT2D eigenvalue weighted by Crippen LogP contribution is 2.30. The molecule has 0 bridgehead atoms. The Bertz CT molecular complexity index is 713. The maximum atomic E-state index is 5.98. The third-order valence-electron chi connectivity index (χ3n) is 3.64. The number of fused-ring (bicyclic) bond motifs is 3. The van der Waals surface area contributed by atoms with Crippen molar-refractivity contribution >= 4 is 34.2 Å². The maximum Gasteiger partial charge on any atom is 0.0491 e. The molecule has 0 unspecified atom stereocenters.